The smallest absolute Gasteiger partial charge is 0.289 e. The van der Waals surface area contributed by atoms with E-state index in [0.717, 1.165) is 38.9 Å². The van der Waals surface area contributed by atoms with E-state index in [9.17, 15) is 9.18 Å². The van der Waals surface area contributed by atoms with Crippen LogP contribution in [0.3, 0.4) is 0 Å². The van der Waals surface area contributed by atoms with Crippen LogP contribution < -0.4 is 5.32 Å². The summed E-state index contributed by atoms with van der Waals surface area (Å²) in [6.45, 7) is 1.81. The van der Waals surface area contributed by atoms with E-state index in [0.29, 0.717) is 16.6 Å². The zero-order chi connectivity index (χ0) is 33.4. The van der Waals surface area contributed by atoms with Crippen LogP contribution in [0, 0.1) is 5.82 Å². The Bertz CT molecular complexity index is 2310. The summed E-state index contributed by atoms with van der Waals surface area (Å²) in [5, 5.41) is 7.65. The van der Waals surface area contributed by atoms with Gasteiger partial charge in [-0.15, -0.1) is 0 Å². The highest BCUT2D eigenvalue weighted by Crippen LogP contribution is 2.44. The van der Waals surface area contributed by atoms with Crippen molar-refractivity contribution >= 4 is 27.8 Å². The first-order valence-electron chi connectivity index (χ1n) is 16.1. The molecule has 7 nitrogen and oxygen atoms in total. The topological polar surface area (TPSA) is 88.5 Å². The molecule has 0 fully saturated rings. The maximum Gasteiger partial charge on any atom is 0.289 e. The number of pyridine rings is 1. The Kier molecular flexibility index (Phi) is 7.53. The second-order valence-corrected chi connectivity index (χ2v) is 12.0. The number of carbonyl (C=O) groups excluding carboxylic acids is 1. The summed E-state index contributed by atoms with van der Waals surface area (Å²) in [6.07, 6.45) is 3.54. The zero-order valence-electron chi connectivity index (χ0n) is 26.6. The number of H-pyrrole nitrogens is 1. The summed E-state index contributed by atoms with van der Waals surface area (Å²) < 4.78 is 16.1. The van der Waals surface area contributed by atoms with Crippen LogP contribution in [-0.4, -0.2) is 30.6 Å². The molecule has 0 radical (unpaired) electrons. The van der Waals surface area contributed by atoms with E-state index in [2.05, 4.69) is 97.9 Å². The fourth-order valence-corrected chi connectivity index (χ4v) is 6.77. The second kappa shape index (κ2) is 12.3. The van der Waals surface area contributed by atoms with E-state index in [4.69, 9.17) is 4.98 Å². The van der Waals surface area contributed by atoms with Crippen molar-refractivity contribution in [2.75, 3.05) is 0 Å². The van der Waals surface area contributed by atoms with Crippen molar-refractivity contribution in [1.29, 1.82) is 0 Å². The summed E-state index contributed by atoms with van der Waals surface area (Å²) in [4.78, 5) is 27.1. The molecule has 1 amide bonds. The van der Waals surface area contributed by atoms with Crippen LogP contribution in [0.1, 0.15) is 45.8 Å². The molecule has 0 aliphatic heterocycles. The van der Waals surface area contributed by atoms with E-state index < -0.39 is 17.5 Å². The van der Waals surface area contributed by atoms with Crippen molar-refractivity contribution in [2.45, 2.75) is 18.5 Å². The predicted octanol–water partition coefficient (Wildman–Crippen LogP) is 8.44. The number of amides is 1. The quantitative estimate of drug-likeness (QED) is 0.163. The molecule has 0 aliphatic carbocycles. The number of imidazole rings is 1. The Morgan fingerprint density at radius 3 is 1.88 bits per heavy atom. The highest BCUT2D eigenvalue weighted by atomic mass is 19.1. The van der Waals surface area contributed by atoms with Crippen molar-refractivity contribution < 1.29 is 9.18 Å². The van der Waals surface area contributed by atoms with Gasteiger partial charge in [-0.2, -0.15) is 0 Å². The zero-order valence-corrected chi connectivity index (χ0v) is 26.6. The maximum atomic E-state index is 13.9. The summed E-state index contributed by atoms with van der Waals surface area (Å²) in [5.74, 6) is -0.749. The molecule has 8 aromatic rings. The van der Waals surface area contributed by atoms with Gasteiger partial charge < -0.3 is 5.32 Å². The normalized spacial score (nSPS) is 12.3. The maximum absolute atomic E-state index is 13.9. The van der Waals surface area contributed by atoms with Gasteiger partial charge in [-0.05, 0) is 65.6 Å². The Balaban J connectivity index is 1.37. The molecular formula is C41H31FN6O. The molecule has 238 valence electrons. The number of aromatic amines is 1. The molecule has 0 bridgehead atoms. The molecule has 0 aliphatic rings. The van der Waals surface area contributed by atoms with E-state index >= 15 is 0 Å². The summed E-state index contributed by atoms with van der Waals surface area (Å²) in [7, 11) is 0. The minimum absolute atomic E-state index is 0.0485. The first-order chi connectivity index (χ1) is 24.0. The first kappa shape index (κ1) is 30.0. The predicted molar refractivity (Wildman–Crippen MR) is 190 cm³/mol. The number of aromatic nitrogens is 5. The van der Waals surface area contributed by atoms with Crippen molar-refractivity contribution in [3.63, 3.8) is 0 Å². The van der Waals surface area contributed by atoms with Gasteiger partial charge in [0.1, 0.15) is 11.4 Å². The molecular weight excluding hydrogens is 611 g/mol. The lowest BCUT2D eigenvalue weighted by Gasteiger charge is -2.37. The van der Waals surface area contributed by atoms with Gasteiger partial charge in [0.05, 0.1) is 28.3 Å². The molecule has 0 spiro atoms. The van der Waals surface area contributed by atoms with Crippen LogP contribution in [0.4, 0.5) is 4.39 Å². The molecule has 2 N–H and O–H groups in total. The lowest BCUT2D eigenvalue weighted by atomic mass is 9.77. The number of halogens is 1. The van der Waals surface area contributed by atoms with E-state index in [1.165, 1.54) is 12.1 Å². The standard InChI is InChI=1S/C41H31FN6O/c1-27(29-12-11-19-33(42)24-29)44-40(49)39-45-35-25-34-37(26-36(35)46-39)48(47-38(34)28-20-22-43-23-21-28)41(30-13-5-2-6-14-30,31-15-7-3-8-16-31)32-17-9-4-10-18-32/h2-27,47H,1H3,(H,44,49). The van der Waals surface area contributed by atoms with E-state index in [1.54, 1.807) is 31.5 Å². The van der Waals surface area contributed by atoms with Gasteiger partial charge in [0.25, 0.3) is 5.91 Å². The minimum Gasteiger partial charge on any atom is -0.343 e. The number of rotatable bonds is 8. The largest absolute Gasteiger partial charge is 0.343 e. The Morgan fingerprint density at radius 1 is 0.735 bits per heavy atom. The van der Waals surface area contributed by atoms with Gasteiger partial charge in [0, 0.05) is 23.3 Å². The number of fused-ring (bicyclic) bond motifs is 2. The fourth-order valence-electron chi connectivity index (χ4n) is 6.77. The van der Waals surface area contributed by atoms with Crippen LogP contribution in [0.25, 0.3) is 33.2 Å². The lowest BCUT2D eigenvalue weighted by Crippen LogP contribution is -2.38. The average molecular weight is 643 g/mol. The van der Waals surface area contributed by atoms with Crippen LogP contribution in [0.2, 0.25) is 0 Å². The molecule has 8 heteroatoms. The summed E-state index contributed by atoms with van der Waals surface area (Å²) in [6, 6.07) is 45.0. The Labute approximate surface area is 282 Å². The number of hydrogen-bond donors (Lipinski definition) is 2. The summed E-state index contributed by atoms with van der Waals surface area (Å²) >= 11 is 0. The molecule has 49 heavy (non-hydrogen) atoms. The number of benzene rings is 5. The third-order valence-electron chi connectivity index (χ3n) is 9.06. The monoisotopic (exact) mass is 642 g/mol. The van der Waals surface area contributed by atoms with E-state index in [1.807, 2.05) is 42.5 Å². The molecule has 1 atom stereocenters. The Morgan fingerprint density at radius 2 is 1.31 bits per heavy atom. The molecule has 1 unspecified atom stereocenters. The van der Waals surface area contributed by atoms with Crippen molar-refractivity contribution in [3.05, 3.63) is 186 Å². The molecule has 8 rings (SSSR count). The molecule has 3 aromatic heterocycles. The van der Waals surface area contributed by atoms with Gasteiger partial charge in [-0.25, -0.2) is 14.4 Å². The molecule has 5 aromatic carbocycles. The SMILES string of the molecule is CC(NC(=O)c1nc2cc3c(-c4ccncc4)[nH]n(C(c4ccccc4)(c4ccccc4)c4ccccc4)c3cc2n1)c1cccc(F)c1. The third-order valence-corrected chi connectivity index (χ3v) is 9.06. The van der Waals surface area contributed by atoms with Crippen molar-refractivity contribution in [3.8, 4) is 11.3 Å². The number of nitrogens with zero attached hydrogens (tertiary/aromatic N) is 4. The minimum atomic E-state index is -0.832. The molecule has 0 saturated carbocycles. The first-order valence-corrected chi connectivity index (χ1v) is 16.1. The van der Waals surface area contributed by atoms with Crippen LogP contribution in [-0.2, 0) is 5.54 Å². The van der Waals surface area contributed by atoms with Crippen molar-refractivity contribution in [2.24, 2.45) is 0 Å². The van der Waals surface area contributed by atoms with Gasteiger partial charge in [-0.3, -0.25) is 19.6 Å². The third kappa shape index (κ3) is 5.23. The highest BCUT2D eigenvalue weighted by Gasteiger charge is 2.40. The molecule has 0 saturated heterocycles. The summed E-state index contributed by atoms with van der Waals surface area (Å²) in [5.41, 5.74) is 6.85. The van der Waals surface area contributed by atoms with Gasteiger partial charge in [-0.1, -0.05) is 103 Å². The number of hydrogen-bond acceptors (Lipinski definition) is 4. The van der Waals surface area contributed by atoms with Crippen LogP contribution in [0.5, 0.6) is 0 Å². The number of nitrogens with one attached hydrogen (secondary N) is 2. The van der Waals surface area contributed by atoms with Gasteiger partial charge >= 0.3 is 0 Å². The van der Waals surface area contributed by atoms with Crippen LogP contribution >= 0.6 is 0 Å². The second-order valence-electron chi connectivity index (χ2n) is 12.0. The van der Waals surface area contributed by atoms with Gasteiger partial charge in [0.2, 0.25) is 5.82 Å². The highest BCUT2D eigenvalue weighted by molar-refractivity contribution is 6.03. The number of carbonyl (C=O) groups is 1. The van der Waals surface area contributed by atoms with Gasteiger partial charge in [0.15, 0.2) is 0 Å². The van der Waals surface area contributed by atoms with E-state index in [-0.39, 0.29) is 11.6 Å². The Hall–Kier alpha value is -6.41. The molecule has 3 heterocycles. The lowest BCUT2D eigenvalue weighted by molar-refractivity contribution is 0.0930. The van der Waals surface area contributed by atoms with Crippen molar-refractivity contribution in [1.82, 2.24) is 30.0 Å². The van der Waals surface area contributed by atoms with Crippen LogP contribution in [0.15, 0.2) is 152 Å². The fraction of sp³-hybridized carbons (Fsp3) is 0.0732. The average Bonchev–Trinajstić information content (AvgIpc) is 3.74.